The number of carbonyl (C=O) groups is 1. The summed E-state index contributed by atoms with van der Waals surface area (Å²) in [6, 6.07) is 7.68. The number of rotatable bonds is 9. The lowest BCUT2D eigenvalue weighted by molar-refractivity contribution is -0.150. The normalized spacial score (nSPS) is 13.5. The van der Waals surface area contributed by atoms with Gasteiger partial charge in [0.25, 0.3) is 0 Å². The minimum atomic E-state index is -0.775. The van der Waals surface area contributed by atoms with E-state index in [-0.39, 0.29) is 5.97 Å². The first-order valence-electron chi connectivity index (χ1n) is 7.10. The Labute approximate surface area is 126 Å². The van der Waals surface area contributed by atoms with Crippen molar-refractivity contribution in [1.29, 1.82) is 0 Å². The summed E-state index contributed by atoms with van der Waals surface area (Å²) in [5.41, 5.74) is 0.264. The van der Waals surface area contributed by atoms with Gasteiger partial charge in [-0.05, 0) is 31.5 Å². The number of benzene rings is 1. The highest BCUT2D eigenvalue weighted by atomic mass is 16.5. The Hall–Kier alpha value is -1.59. The Morgan fingerprint density at radius 3 is 2.43 bits per heavy atom. The number of ether oxygens (including phenoxy) is 3. The third-order valence-electron chi connectivity index (χ3n) is 3.26. The van der Waals surface area contributed by atoms with Crippen molar-refractivity contribution in [2.45, 2.75) is 25.8 Å². The monoisotopic (exact) mass is 295 g/mol. The van der Waals surface area contributed by atoms with Crippen LogP contribution >= 0.6 is 0 Å². The molecule has 1 aromatic rings. The minimum Gasteiger partial charge on any atom is -0.497 e. The summed E-state index contributed by atoms with van der Waals surface area (Å²) in [6.07, 6.45) is 0.541. The molecule has 0 aromatic heterocycles. The molecule has 21 heavy (non-hydrogen) atoms. The van der Waals surface area contributed by atoms with Gasteiger partial charge in [-0.3, -0.25) is 10.1 Å². The third-order valence-corrected chi connectivity index (χ3v) is 3.26. The molecule has 0 aliphatic carbocycles. The first-order chi connectivity index (χ1) is 10.1. The second-order valence-electron chi connectivity index (χ2n) is 5.00. The fourth-order valence-electron chi connectivity index (χ4n) is 2.08. The Balaban J connectivity index is 2.81. The molecule has 0 bridgehead atoms. The zero-order valence-corrected chi connectivity index (χ0v) is 13.3. The molecule has 1 atom stereocenters. The van der Waals surface area contributed by atoms with E-state index in [1.54, 1.807) is 21.1 Å². The van der Waals surface area contributed by atoms with Gasteiger partial charge in [0.05, 0.1) is 20.3 Å². The molecule has 0 saturated carbocycles. The van der Waals surface area contributed by atoms with E-state index in [1.807, 2.05) is 31.2 Å². The highest BCUT2D eigenvalue weighted by Gasteiger charge is 2.34. The molecule has 5 nitrogen and oxygen atoms in total. The Bertz CT molecular complexity index is 432. The number of nitrogens with one attached hydrogen (secondary N) is 1. The van der Waals surface area contributed by atoms with Crippen LogP contribution in [0.4, 0.5) is 0 Å². The smallest absolute Gasteiger partial charge is 0.326 e. The lowest BCUT2D eigenvalue weighted by Gasteiger charge is -2.28. The van der Waals surface area contributed by atoms with Gasteiger partial charge < -0.3 is 14.2 Å². The molecule has 0 radical (unpaired) electrons. The molecule has 1 unspecified atom stereocenters. The Kier molecular flexibility index (Phi) is 7.19. The van der Waals surface area contributed by atoms with Crippen molar-refractivity contribution >= 4 is 5.97 Å². The van der Waals surface area contributed by atoms with Crippen molar-refractivity contribution < 1.29 is 19.0 Å². The van der Waals surface area contributed by atoms with Crippen LogP contribution in [0, 0.1) is 0 Å². The first kappa shape index (κ1) is 17.5. The summed E-state index contributed by atoms with van der Waals surface area (Å²) < 4.78 is 15.4. The van der Waals surface area contributed by atoms with Gasteiger partial charge in [0, 0.05) is 20.1 Å². The lowest BCUT2D eigenvalue weighted by atomic mass is 9.92. The lowest BCUT2D eigenvalue weighted by Crippen LogP contribution is -2.53. The van der Waals surface area contributed by atoms with E-state index in [2.05, 4.69) is 5.32 Å². The van der Waals surface area contributed by atoms with E-state index in [9.17, 15) is 4.79 Å². The molecule has 1 aromatic carbocycles. The molecule has 118 valence electrons. The van der Waals surface area contributed by atoms with E-state index in [0.717, 1.165) is 11.3 Å². The molecule has 0 fully saturated rings. The number of carbonyl (C=O) groups excluding carboxylic acids is 1. The van der Waals surface area contributed by atoms with E-state index in [4.69, 9.17) is 14.2 Å². The van der Waals surface area contributed by atoms with Crippen LogP contribution in [-0.4, -0.2) is 45.5 Å². The van der Waals surface area contributed by atoms with Crippen molar-refractivity contribution in [2.75, 3.05) is 34.0 Å². The van der Waals surface area contributed by atoms with Crippen molar-refractivity contribution in [3.05, 3.63) is 29.8 Å². The summed E-state index contributed by atoms with van der Waals surface area (Å²) in [6.45, 7) is 5.15. The molecule has 1 rings (SSSR count). The topological polar surface area (TPSA) is 56.8 Å². The standard InChI is InChI=1S/C16H25NO4/c1-5-21-15(18)16(2,17-10-11-19-3)12-13-6-8-14(20-4)9-7-13/h6-9,17H,5,10-12H2,1-4H3. The summed E-state index contributed by atoms with van der Waals surface area (Å²) in [5, 5.41) is 3.23. The van der Waals surface area contributed by atoms with Crippen LogP contribution in [0.3, 0.4) is 0 Å². The van der Waals surface area contributed by atoms with Gasteiger partial charge in [-0.1, -0.05) is 12.1 Å². The van der Waals surface area contributed by atoms with Crippen molar-refractivity contribution in [2.24, 2.45) is 0 Å². The number of hydrogen-bond donors (Lipinski definition) is 1. The summed E-state index contributed by atoms with van der Waals surface area (Å²) in [4.78, 5) is 12.2. The van der Waals surface area contributed by atoms with Gasteiger partial charge in [0.1, 0.15) is 11.3 Å². The maximum Gasteiger partial charge on any atom is 0.326 e. The van der Waals surface area contributed by atoms with Crippen molar-refractivity contribution in [3.8, 4) is 5.75 Å². The van der Waals surface area contributed by atoms with E-state index in [1.165, 1.54) is 0 Å². The highest BCUT2D eigenvalue weighted by Crippen LogP contribution is 2.18. The average Bonchev–Trinajstić information content (AvgIpc) is 2.48. The number of esters is 1. The van der Waals surface area contributed by atoms with Gasteiger partial charge in [-0.25, -0.2) is 0 Å². The second kappa shape index (κ2) is 8.64. The summed E-state index contributed by atoms with van der Waals surface area (Å²) in [7, 11) is 3.26. The third kappa shape index (κ3) is 5.36. The summed E-state index contributed by atoms with van der Waals surface area (Å²) in [5.74, 6) is 0.542. The SMILES string of the molecule is CCOC(=O)C(C)(Cc1ccc(OC)cc1)NCCOC. The molecule has 0 aliphatic heterocycles. The predicted octanol–water partition coefficient (Wildman–Crippen LogP) is 1.80. The van der Waals surface area contributed by atoms with Gasteiger partial charge in [-0.2, -0.15) is 0 Å². The second-order valence-corrected chi connectivity index (χ2v) is 5.00. The molecule has 0 heterocycles. The van der Waals surface area contributed by atoms with Crippen molar-refractivity contribution in [1.82, 2.24) is 5.32 Å². The van der Waals surface area contributed by atoms with Crippen LogP contribution < -0.4 is 10.1 Å². The maximum atomic E-state index is 12.2. The van der Waals surface area contributed by atoms with E-state index in [0.29, 0.717) is 26.2 Å². The van der Waals surface area contributed by atoms with Crippen LogP contribution in [0.15, 0.2) is 24.3 Å². The quantitative estimate of drug-likeness (QED) is 0.556. The zero-order chi connectivity index (χ0) is 15.7. The highest BCUT2D eigenvalue weighted by molar-refractivity contribution is 5.80. The van der Waals surface area contributed by atoms with Crippen LogP contribution in [0.5, 0.6) is 5.75 Å². The molecule has 1 N–H and O–H groups in total. The van der Waals surface area contributed by atoms with E-state index >= 15 is 0 Å². The van der Waals surface area contributed by atoms with E-state index < -0.39 is 5.54 Å². The number of methoxy groups -OCH3 is 2. The van der Waals surface area contributed by atoms with Crippen LogP contribution in [-0.2, 0) is 20.7 Å². The van der Waals surface area contributed by atoms with Crippen molar-refractivity contribution in [3.63, 3.8) is 0 Å². The Morgan fingerprint density at radius 1 is 1.24 bits per heavy atom. The first-order valence-corrected chi connectivity index (χ1v) is 7.10. The van der Waals surface area contributed by atoms with Crippen LogP contribution in [0.1, 0.15) is 19.4 Å². The van der Waals surface area contributed by atoms with Gasteiger partial charge in [0.2, 0.25) is 0 Å². The predicted molar refractivity (Wildman–Crippen MR) is 81.6 cm³/mol. The number of hydrogen-bond acceptors (Lipinski definition) is 5. The van der Waals surface area contributed by atoms with Gasteiger partial charge >= 0.3 is 5.97 Å². The molecule has 0 saturated heterocycles. The van der Waals surface area contributed by atoms with Gasteiger partial charge in [-0.15, -0.1) is 0 Å². The Morgan fingerprint density at radius 2 is 1.90 bits per heavy atom. The zero-order valence-electron chi connectivity index (χ0n) is 13.3. The molecule has 0 amide bonds. The molecular formula is C16H25NO4. The summed E-state index contributed by atoms with van der Waals surface area (Å²) >= 11 is 0. The minimum absolute atomic E-state index is 0.253. The van der Waals surface area contributed by atoms with Crippen LogP contribution in [0.2, 0.25) is 0 Å². The molecular weight excluding hydrogens is 270 g/mol. The molecule has 0 aliphatic rings. The van der Waals surface area contributed by atoms with Crippen LogP contribution in [0.25, 0.3) is 0 Å². The molecule has 0 spiro atoms. The largest absolute Gasteiger partial charge is 0.497 e. The fourth-order valence-corrected chi connectivity index (χ4v) is 2.08. The fraction of sp³-hybridized carbons (Fsp3) is 0.562. The average molecular weight is 295 g/mol. The molecule has 5 heteroatoms. The van der Waals surface area contributed by atoms with Gasteiger partial charge in [0.15, 0.2) is 0 Å². The maximum absolute atomic E-state index is 12.2.